The molecule has 0 aliphatic carbocycles. The van der Waals surface area contributed by atoms with E-state index in [2.05, 4.69) is 5.32 Å². The number of aryl methyl sites for hydroxylation is 1. The molecule has 0 unspecified atom stereocenters. The lowest BCUT2D eigenvalue weighted by atomic mass is 10.2. The number of hydrogen-bond donors (Lipinski definition) is 1. The zero-order valence-corrected chi connectivity index (χ0v) is 18.8. The average molecular weight is 459 g/mol. The number of halogens is 1. The smallest absolute Gasteiger partial charge is 0.264 e. The minimum atomic E-state index is -3.72. The van der Waals surface area contributed by atoms with Gasteiger partial charge in [-0.15, -0.1) is 0 Å². The van der Waals surface area contributed by atoms with Crippen LogP contribution in [0.15, 0.2) is 77.7 Å². The highest BCUT2D eigenvalue weighted by Gasteiger charge is 2.23. The Bertz CT molecular complexity index is 1150. The van der Waals surface area contributed by atoms with Crippen LogP contribution in [0.4, 0.5) is 11.4 Å². The summed E-state index contributed by atoms with van der Waals surface area (Å²) < 4.78 is 32.8. The number of rotatable bonds is 8. The lowest BCUT2D eigenvalue weighted by molar-refractivity contribution is -0.118. The second kappa shape index (κ2) is 9.85. The SMILES string of the molecule is CCN(c1ccccc1)S(=O)(=O)c1ccc(NC(=O)COc2ccc(Cl)c(C)c2)cc1. The van der Waals surface area contributed by atoms with Gasteiger partial charge in [0.1, 0.15) is 5.75 Å². The Morgan fingerprint density at radius 2 is 1.71 bits per heavy atom. The number of carbonyl (C=O) groups is 1. The zero-order valence-electron chi connectivity index (χ0n) is 17.2. The molecule has 0 bridgehead atoms. The lowest BCUT2D eigenvalue weighted by Gasteiger charge is -2.23. The van der Waals surface area contributed by atoms with Crippen LogP contribution >= 0.6 is 11.6 Å². The maximum atomic E-state index is 13.0. The Kier molecular flexibility index (Phi) is 7.20. The number of sulfonamides is 1. The van der Waals surface area contributed by atoms with Crippen LogP contribution in [0.2, 0.25) is 5.02 Å². The normalized spacial score (nSPS) is 11.1. The monoisotopic (exact) mass is 458 g/mol. The van der Waals surface area contributed by atoms with Crippen molar-refractivity contribution in [2.24, 2.45) is 0 Å². The van der Waals surface area contributed by atoms with Crippen molar-refractivity contribution in [3.63, 3.8) is 0 Å². The number of ether oxygens (including phenoxy) is 1. The number of anilines is 2. The molecule has 0 aromatic heterocycles. The van der Waals surface area contributed by atoms with Crippen LogP contribution in [0.3, 0.4) is 0 Å². The summed E-state index contributed by atoms with van der Waals surface area (Å²) in [5, 5.41) is 3.32. The van der Waals surface area contributed by atoms with Crippen molar-refractivity contribution in [2.75, 3.05) is 22.8 Å². The van der Waals surface area contributed by atoms with E-state index in [1.165, 1.54) is 16.4 Å². The third kappa shape index (κ3) is 5.57. The maximum Gasteiger partial charge on any atom is 0.264 e. The summed E-state index contributed by atoms with van der Waals surface area (Å²) >= 11 is 5.98. The molecular formula is C23H23ClN2O4S. The minimum Gasteiger partial charge on any atom is -0.484 e. The van der Waals surface area contributed by atoms with Crippen molar-refractivity contribution in [3.8, 4) is 5.75 Å². The summed E-state index contributed by atoms with van der Waals surface area (Å²) in [7, 11) is -3.72. The fourth-order valence-electron chi connectivity index (χ4n) is 2.98. The number of carbonyl (C=O) groups excluding carboxylic acids is 1. The van der Waals surface area contributed by atoms with Crippen molar-refractivity contribution < 1.29 is 17.9 Å². The fourth-order valence-corrected chi connectivity index (χ4v) is 4.57. The molecule has 162 valence electrons. The highest BCUT2D eigenvalue weighted by atomic mass is 35.5. The molecule has 0 spiro atoms. The number of benzene rings is 3. The van der Waals surface area contributed by atoms with Crippen molar-refractivity contribution in [2.45, 2.75) is 18.7 Å². The molecule has 0 fully saturated rings. The van der Waals surface area contributed by atoms with Gasteiger partial charge in [-0.3, -0.25) is 9.10 Å². The highest BCUT2D eigenvalue weighted by Crippen LogP contribution is 2.24. The number of para-hydroxylation sites is 1. The summed E-state index contributed by atoms with van der Waals surface area (Å²) in [6.07, 6.45) is 0. The third-order valence-electron chi connectivity index (χ3n) is 4.56. The van der Waals surface area contributed by atoms with Gasteiger partial charge >= 0.3 is 0 Å². The van der Waals surface area contributed by atoms with Gasteiger partial charge in [0.15, 0.2) is 6.61 Å². The second-order valence-corrected chi connectivity index (χ2v) is 9.05. The van der Waals surface area contributed by atoms with Gasteiger partial charge in [0, 0.05) is 17.3 Å². The Hall–Kier alpha value is -3.03. The van der Waals surface area contributed by atoms with Crippen molar-refractivity contribution in [1.82, 2.24) is 0 Å². The van der Waals surface area contributed by atoms with Crippen molar-refractivity contribution in [1.29, 1.82) is 0 Å². The van der Waals surface area contributed by atoms with Gasteiger partial charge in [-0.05, 0) is 74.0 Å². The first-order valence-corrected chi connectivity index (χ1v) is 11.5. The second-order valence-electron chi connectivity index (χ2n) is 6.78. The van der Waals surface area contributed by atoms with E-state index in [0.29, 0.717) is 28.7 Å². The molecule has 0 saturated heterocycles. The topological polar surface area (TPSA) is 75.7 Å². The first-order valence-electron chi connectivity index (χ1n) is 9.68. The number of nitrogens with one attached hydrogen (secondary N) is 1. The largest absolute Gasteiger partial charge is 0.484 e. The third-order valence-corrected chi connectivity index (χ3v) is 6.90. The van der Waals surface area contributed by atoms with E-state index in [1.807, 2.05) is 13.0 Å². The van der Waals surface area contributed by atoms with Crippen LogP contribution in [0, 0.1) is 6.92 Å². The van der Waals surface area contributed by atoms with E-state index in [0.717, 1.165) is 5.56 Å². The van der Waals surface area contributed by atoms with Crippen LogP contribution in [0.1, 0.15) is 12.5 Å². The molecule has 0 atom stereocenters. The van der Waals surface area contributed by atoms with Crippen LogP contribution in [-0.2, 0) is 14.8 Å². The maximum absolute atomic E-state index is 13.0. The van der Waals surface area contributed by atoms with E-state index >= 15 is 0 Å². The van der Waals surface area contributed by atoms with Gasteiger partial charge in [0.05, 0.1) is 10.6 Å². The van der Waals surface area contributed by atoms with Gasteiger partial charge in [-0.1, -0.05) is 29.8 Å². The molecule has 0 heterocycles. The summed E-state index contributed by atoms with van der Waals surface area (Å²) in [5.41, 5.74) is 1.92. The molecular weight excluding hydrogens is 436 g/mol. The number of nitrogens with zero attached hydrogens (tertiary/aromatic N) is 1. The predicted molar refractivity (Wildman–Crippen MR) is 123 cm³/mol. The molecule has 6 nitrogen and oxygen atoms in total. The fraction of sp³-hybridized carbons (Fsp3) is 0.174. The lowest BCUT2D eigenvalue weighted by Crippen LogP contribution is -2.30. The van der Waals surface area contributed by atoms with Gasteiger partial charge in [-0.2, -0.15) is 0 Å². The van der Waals surface area contributed by atoms with Crippen LogP contribution < -0.4 is 14.4 Å². The van der Waals surface area contributed by atoms with Gasteiger partial charge in [0.25, 0.3) is 15.9 Å². The molecule has 8 heteroatoms. The Morgan fingerprint density at radius 1 is 1.03 bits per heavy atom. The molecule has 3 aromatic carbocycles. The minimum absolute atomic E-state index is 0.143. The Labute approximate surface area is 187 Å². The van der Waals surface area contributed by atoms with Crippen molar-refractivity contribution in [3.05, 3.63) is 83.4 Å². The molecule has 1 N–H and O–H groups in total. The molecule has 0 aliphatic rings. The van der Waals surface area contributed by atoms with Gasteiger partial charge in [0.2, 0.25) is 0 Å². The molecule has 0 aliphatic heterocycles. The Morgan fingerprint density at radius 3 is 2.32 bits per heavy atom. The van der Waals surface area contributed by atoms with Crippen LogP contribution in [0.25, 0.3) is 0 Å². The van der Waals surface area contributed by atoms with Crippen LogP contribution in [0.5, 0.6) is 5.75 Å². The molecule has 3 rings (SSSR count). The predicted octanol–water partition coefficient (Wildman–Crippen LogP) is 4.88. The quantitative estimate of drug-likeness (QED) is 0.522. The molecule has 1 amide bonds. The molecule has 0 saturated carbocycles. The average Bonchev–Trinajstić information content (AvgIpc) is 2.76. The molecule has 3 aromatic rings. The summed E-state index contributed by atoms with van der Waals surface area (Å²) in [6, 6.07) is 20.1. The first-order chi connectivity index (χ1) is 14.8. The standard InChI is InChI=1S/C23H23ClN2O4S/c1-3-26(19-7-5-4-6-8-19)31(28,29)21-12-9-18(10-13-21)25-23(27)16-30-20-11-14-22(24)17(2)15-20/h4-15H,3,16H2,1-2H3,(H,25,27). The van der Waals surface area contributed by atoms with E-state index in [9.17, 15) is 13.2 Å². The molecule has 31 heavy (non-hydrogen) atoms. The summed E-state index contributed by atoms with van der Waals surface area (Å²) in [5.74, 6) is 0.182. The van der Waals surface area contributed by atoms with Gasteiger partial charge < -0.3 is 10.1 Å². The van der Waals surface area contributed by atoms with E-state index in [-0.39, 0.29) is 17.4 Å². The first kappa shape index (κ1) is 22.7. The molecule has 0 radical (unpaired) electrons. The zero-order chi connectivity index (χ0) is 22.4. The van der Waals surface area contributed by atoms with E-state index in [1.54, 1.807) is 61.5 Å². The Balaban J connectivity index is 1.65. The number of amides is 1. The van der Waals surface area contributed by atoms with Crippen molar-refractivity contribution >= 4 is 38.9 Å². The summed E-state index contributed by atoms with van der Waals surface area (Å²) in [6.45, 7) is 3.74. The number of hydrogen-bond acceptors (Lipinski definition) is 4. The van der Waals surface area contributed by atoms with E-state index in [4.69, 9.17) is 16.3 Å². The highest BCUT2D eigenvalue weighted by molar-refractivity contribution is 7.92. The van der Waals surface area contributed by atoms with Crippen LogP contribution in [-0.4, -0.2) is 27.5 Å². The summed E-state index contributed by atoms with van der Waals surface area (Å²) in [4.78, 5) is 12.3. The van der Waals surface area contributed by atoms with E-state index < -0.39 is 10.0 Å². The van der Waals surface area contributed by atoms with Gasteiger partial charge in [-0.25, -0.2) is 8.42 Å².